The number of imidazole rings is 1. The van der Waals surface area contributed by atoms with Gasteiger partial charge in [0.2, 0.25) is 0 Å². The van der Waals surface area contributed by atoms with Crippen molar-refractivity contribution in [2.45, 2.75) is 26.2 Å². The molecule has 0 unspecified atom stereocenters. The van der Waals surface area contributed by atoms with E-state index in [9.17, 15) is 0 Å². The highest BCUT2D eigenvalue weighted by Gasteiger charge is 2.30. The van der Waals surface area contributed by atoms with Crippen molar-refractivity contribution >= 4 is 32.8 Å². The summed E-state index contributed by atoms with van der Waals surface area (Å²) in [5.41, 5.74) is 17.3. The zero-order chi connectivity index (χ0) is 42.2. The van der Waals surface area contributed by atoms with Crippen molar-refractivity contribution in [3.05, 3.63) is 212 Å². The number of benzene rings is 8. The number of fused-ring (bicyclic) bond motifs is 10. The number of hydrogen-bond acceptors (Lipinski definition) is 2. The van der Waals surface area contributed by atoms with Crippen LogP contribution in [0.15, 0.2) is 207 Å². The van der Waals surface area contributed by atoms with Crippen LogP contribution in [0.3, 0.4) is 0 Å². The third-order valence-electron chi connectivity index (χ3n) is 12.7. The third-order valence-corrected chi connectivity index (χ3v) is 12.7. The van der Waals surface area contributed by atoms with Gasteiger partial charge in [-0.3, -0.25) is 4.57 Å². The summed E-state index contributed by atoms with van der Waals surface area (Å²) < 4.78 is 13.7. The smallest absolute Gasteiger partial charge is 0.255 e. The number of ether oxygens (including phenoxy) is 1. The molecule has 63 heavy (non-hydrogen) atoms. The molecule has 0 saturated heterocycles. The number of hydrogen-bond donors (Lipinski definition) is 0. The first-order valence-corrected chi connectivity index (χ1v) is 21.6. The minimum absolute atomic E-state index is 0.0116. The van der Waals surface area contributed by atoms with Crippen LogP contribution >= 0.6 is 0 Å². The highest BCUT2D eigenvalue weighted by molar-refractivity contribution is 6.09. The van der Waals surface area contributed by atoms with Gasteiger partial charge in [-0.25, -0.2) is 4.98 Å². The predicted molar refractivity (Wildman–Crippen MR) is 257 cm³/mol. The number of rotatable bonds is 5. The number of nitrogens with zero attached hydrogens (tertiary/aromatic N) is 4. The lowest BCUT2D eigenvalue weighted by atomic mass is 9.85. The molecule has 0 bridgehead atoms. The third kappa shape index (κ3) is 5.99. The molecule has 0 fully saturated rings. The molecule has 0 atom stereocenters. The number of pyridine rings is 1. The quantitative estimate of drug-likeness (QED) is 0.162. The van der Waals surface area contributed by atoms with E-state index in [1.165, 1.54) is 55.5 Å². The van der Waals surface area contributed by atoms with Crippen LogP contribution in [0, 0.1) is 0 Å². The Hall–Kier alpha value is -8.02. The monoisotopic (exact) mass is 811 g/mol. The van der Waals surface area contributed by atoms with Gasteiger partial charge in [0.25, 0.3) is 6.33 Å². The molecule has 3 aromatic heterocycles. The van der Waals surface area contributed by atoms with Crippen molar-refractivity contribution in [1.29, 1.82) is 0 Å². The lowest BCUT2D eigenvalue weighted by molar-refractivity contribution is -0.566. The lowest BCUT2D eigenvalue weighted by Crippen LogP contribution is -2.30. The first-order valence-electron chi connectivity index (χ1n) is 21.6. The molecular weight excluding hydrogens is 769 g/mol. The van der Waals surface area contributed by atoms with Crippen molar-refractivity contribution in [3.8, 4) is 73.2 Å². The lowest BCUT2D eigenvalue weighted by Gasteiger charge is -2.20. The van der Waals surface area contributed by atoms with E-state index in [0.29, 0.717) is 0 Å². The second-order valence-corrected chi connectivity index (χ2v) is 17.5. The van der Waals surface area contributed by atoms with Gasteiger partial charge in [-0.1, -0.05) is 142 Å². The molecule has 1 aliphatic rings. The van der Waals surface area contributed by atoms with Gasteiger partial charge in [0, 0.05) is 45.8 Å². The van der Waals surface area contributed by atoms with Crippen LogP contribution in [0.5, 0.6) is 11.5 Å². The van der Waals surface area contributed by atoms with Crippen molar-refractivity contribution in [1.82, 2.24) is 14.1 Å². The average molecular weight is 812 g/mol. The SMILES string of the molecule is CC(C)(C)c1ccnc(-n2c3ccccc3c3ccc(Oc4cccc(-n5c[n+]6c7c(cccc75)-c5ccccc5-c5cccc(-c7ccccc7)c5-c5ccccc5-6)c4)cc32)c1. The summed E-state index contributed by atoms with van der Waals surface area (Å²) in [7, 11) is 0. The van der Waals surface area contributed by atoms with Gasteiger partial charge in [0.05, 0.1) is 11.0 Å². The van der Waals surface area contributed by atoms with E-state index < -0.39 is 0 Å². The van der Waals surface area contributed by atoms with Gasteiger partial charge in [-0.15, -0.1) is 0 Å². The Morgan fingerprint density at radius 2 is 1.14 bits per heavy atom. The first-order chi connectivity index (χ1) is 30.9. The maximum Gasteiger partial charge on any atom is 0.255 e. The summed E-state index contributed by atoms with van der Waals surface area (Å²) in [4.78, 5) is 4.89. The molecule has 1 aliphatic heterocycles. The summed E-state index contributed by atoms with van der Waals surface area (Å²) in [5, 5.41) is 2.34. The van der Waals surface area contributed by atoms with Gasteiger partial charge in [0.1, 0.15) is 28.7 Å². The second-order valence-electron chi connectivity index (χ2n) is 17.5. The van der Waals surface area contributed by atoms with Crippen LogP contribution in [0.2, 0.25) is 0 Å². The van der Waals surface area contributed by atoms with E-state index in [0.717, 1.165) is 56.1 Å². The Morgan fingerprint density at radius 1 is 0.492 bits per heavy atom. The Labute approximate surface area is 366 Å². The van der Waals surface area contributed by atoms with Gasteiger partial charge in [-0.05, 0) is 99.5 Å². The van der Waals surface area contributed by atoms with Gasteiger partial charge >= 0.3 is 0 Å². The predicted octanol–water partition coefficient (Wildman–Crippen LogP) is 14.5. The number of aromatic nitrogens is 4. The summed E-state index contributed by atoms with van der Waals surface area (Å²) in [6.07, 6.45) is 4.16. The van der Waals surface area contributed by atoms with Crippen molar-refractivity contribution in [2.24, 2.45) is 0 Å². The summed E-state index contributed by atoms with van der Waals surface area (Å²) in [6, 6.07) is 69.5. The molecule has 8 aromatic carbocycles. The van der Waals surface area contributed by atoms with Crippen molar-refractivity contribution in [2.75, 3.05) is 0 Å². The molecule has 300 valence electrons. The molecule has 5 nitrogen and oxygen atoms in total. The zero-order valence-corrected chi connectivity index (χ0v) is 35.3. The standard InChI is InChI=1S/C58H43N4O/c1-58(2,3)39-32-33-59-55(34-39)62-52-28-12-9-22-46(52)47-31-30-42(36-54(47)62)63-41-19-13-18-40(35-41)60-37-61-51-27-11-10-23-50(51)56-43(38-16-5-4-6-17-38)24-14-25-48(56)44-20-7-8-21-45(44)49-26-15-29-53(60)57(49)61/h4-37H,1-3H3/q+1. The van der Waals surface area contributed by atoms with Gasteiger partial charge < -0.3 is 4.74 Å². The fraction of sp³-hybridized carbons (Fsp3) is 0.0690. The fourth-order valence-corrected chi connectivity index (χ4v) is 9.69. The van der Waals surface area contributed by atoms with Crippen LogP contribution < -0.4 is 9.30 Å². The average Bonchev–Trinajstić information content (AvgIpc) is 3.88. The molecule has 0 aliphatic carbocycles. The molecule has 11 aromatic rings. The Kier molecular flexibility index (Phi) is 8.35. The Balaban J connectivity index is 1.01. The zero-order valence-electron chi connectivity index (χ0n) is 35.3. The van der Waals surface area contributed by atoms with Crippen LogP contribution in [-0.4, -0.2) is 14.1 Å². The number of para-hydroxylation sites is 3. The molecule has 0 spiro atoms. The highest BCUT2D eigenvalue weighted by Crippen LogP contribution is 2.47. The largest absolute Gasteiger partial charge is 0.457 e. The van der Waals surface area contributed by atoms with Gasteiger partial charge in [0.15, 0.2) is 11.0 Å². The first kappa shape index (κ1) is 36.8. The van der Waals surface area contributed by atoms with E-state index >= 15 is 0 Å². The minimum atomic E-state index is -0.0116. The van der Waals surface area contributed by atoms with Crippen LogP contribution in [0.4, 0.5) is 0 Å². The van der Waals surface area contributed by atoms with Crippen LogP contribution in [0.1, 0.15) is 26.3 Å². The van der Waals surface area contributed by atoms with Crippen LogP contribution in [0.25, 0.3) is 94.5 Å². The van der Waals surface area contributed by atoms with E-state index in [4.69, 9.17) is 9.72 Å². The summed E-state index contributed by atoms with van der Waals surface area (Å²) in [5.74, 6) is 2.40. The topological polar surface area (TPSA) is 35.9 Å². The molecule has 0 radical (unpaired) electrons. The van der Waals surface area contributed by atoms with E-state index in [1.807, 2.05) is 12.3 Å². The molecule has 4 heterocycles. The normalized spacial score (nSPS) is 12.0. The van der Waals surface area contributed by atoms with Crippen molar-refractivity contribution < 1.29 is 9.30 Å². The van der Waals surface area contributed by atoms with E-state index in [1.54, 1.807) is 0 Å². The van der Waals surface area contributed by atoms with Gasteiger partial charge in [-0.2, -0.15) is 9.13 Å². The highest BCUT2D eigenvalue weighted by atomic mass is 16.5. The molecule has 0 N–H and O–H groups in total. The molecule has 0 amide bonds. The van der Waals surface area contributed by atoms with Crippen molar-refractivity contribution in [3.63, 3.8) is 0 Å². The second kappa shape index (κ2) is 14.3. The molecule has 5 heteroatoms. The van der Waals surface area contributed by atoms with Crippen LogP contribution in [-0.2, 0) is 5.41 Å². The molecule has 0 saturated carbocycles. The summed E-state index contributed by atoms with van der Waals surface area (Å²) >= 11 is 0. The van der Waals surface area contributed by atoms with E-state index in [-0.39, 0.29) is 5.41 Å². The minimum Gasteiger partial charge on any atom is -0.457 e. The fourth-order valence-electron chi connectivity index (χ4n) is 9.69. The molecule has 12 rings (SSSR count). The molecular formula is C58H43N4O+. The maximum absolute atomic E-state index is 6.79. The summed E-state index contributed by atoms with van der Waals surface area (Å²) in [6.45, 7) is 6.72. The Bertz CT molecular complexity index is 3590. The van der Waals surface area contributed by atoms with E-state index in [2.05, 4.69) is 229 Å². The Morgan fingerprint density at radius 3 is 2.00 bits per heavy atom. The maximum atomic E-state index is 6.79.